The van der Waals surface area contributed by atoms with Gasteiger partial charge in [0.1, 0.15) is 5.65 Å². The number of benzene rings is 1. The van der Waals surface area contributed by atoms with Gasteiger partial charge in [-0.25, -0.2) is 4.98 Å². The van der Waals surface area contributed by atoms with Crippen LogP contribution in [0, 0.1) is 0 Å². The summed E-state index contributed by atoms with van der Waals surface area (Å²) in [7, 11) is 0. The summed E-state index contributed by atoms with van der Waals surface area (Å²) in [5.74, 6) is 1.18. The number of hydrogen-bond acceptors (Lipinski definition) is 2. The molecule has 0 saturated carbocycles. The predicted molar refractivity (Wildman–Crippen MR) is 96.6 cm³/mol. The Kier molecular flexibility index (Phi) is 5.88. The van der Waals surface area contributed by atoms with E-state index in [1.807, 2.05) is 30.0 Å². The van der Waals surface area contributed by atoms with Gasteiger partial charge >= 0.3 is 0 Å². The summed E-state index contributed by atoms with van der Waals surface area (Å²) in [5.41, 5.74) is 3.20. The zero-order chi connectivity index (χ0) is 13.8. The number of pyridine rings is 1. The Balaban J connectivity index is 0.00000161. The minimum Gasteiger partial charge on any atom is -0.305 e. The van der Waals surface area contributed by atoms with Crippen LogP contribution in [0.4, 0.5) is 0 Å². The predicted octanol–water partition coefficient (Wildman–Crippen LogP) is 5.47. The van der Waals surface area contributed by atoms with Crippen LogP contribution in [0.5, 0.6) is 0 Å². The minimum absolute atomic E-state index is 0. The molecule has 1 aromatic carbocycles. The Hall–Kier alpha value is -1.26. The van der Waals surface area contributed by atoms with Crippen LogP contribution in [0.25, 0.3) is 16.9 Å². The van der Waals surface area contributed by atoms with Crippen molar-refractivity contribution in [1.29, 1.82) is 0 Å². The van der Waals surface area contributed by atoms with E-state index >= 15 is 0 Å². The first kappa shape index (κ1) is 16.1. The lowest BCUT2D eigenvalue weighted by molar-refractivity contribution is 0.896. The first-order valence-electron chi connectivity index (χ1n) is 7.04. The summed E-state index contributed by atoms with van der Waals surface area (Å²) >= 11 is 1.92. The minimum atomic E-state index is 0. The molecule has 2 heterocycles. The van der Waals surface area contributed by atoms with E-state index < -0.39 is 0 Å². The van der Waals surface area contributed by atoms with E-state index in [2.05, 4.69) is 53.0 Å². The van der Waals surface area contributed by atoms with E-state index in [0.29, 0.717) is 0 Å². The van der Waals surface area contributed by atoms with E-state index in [0.717, 1.165) is 16.9 Å². The Morgan fingerprint density at radius 3 is 2.62 bits per heavy atom. The van der Waals surface area contributed by atoms with Crippen LogP contribution in [0.15, 0.2) is 59.8 Å². The van der Waals surface area contributed by atoms with Crippen molar-refractivity contribution in [2.45, 2.75) is 24.7 Å². The van der Waals surface area contributed by atoms with E-state index in [1.165, 1.54) is 23.5 Å². The quantitative estimate of drug-likeness (QED) is 0.442. The number of thioether (sulfide) groups is 1. The molecule has 0 fully saturated rings. The molecule has 0 aliphatic heterocycles. The lowest BCUT2D eigenvalue weighted by Crippen LogP contribution is -1.84. The summed E-state index contributed by atoms with van der Waals surface area (Å²) in [6.07, 6.45) is 6.80. The van der Waals surface area contributed by atoms with Gasteiger partial charge in [0.25, 0.3) is 0 Å². The highest BCUT2D eigenvalue weighted by atomic mass is 79.9. The molecule has 0 aliphatic carbocycles. The van der Waals surface area contributed by atoms with Gasteiger partial charge in [-0.3, -0.25) is 0 Å². The standard InChI is InChI=1S/C17H18N2S.BrH/c1-2-3-11-20-15-9-10-17-18-16(13-19(17)12-15)14-7-5-4-6-8-14;/h4-10,12-13H,2-3,11H2,1H3;1H. The zero-order valence-electron chi connectivity index (χ0n) is 12.0. The maximum Gasteiger partial charge on any atom is 0.137 e. The molecule has 0 amide bonds. The fourth-order valence-corrected chi connectivity index (χ4v) is 3.16. The lowest BCUT2D eigenvalue weighted by atomic mass is 10.2. The van der Waals surface area contributed by atoms with E-state index in [9.17, 15) is 0 Å². The molecule has 0 unspecified atom stereocenters. The van der Waals surface area contributed by atoms with Crippen molar-refractivity contribution in [3.63, 3.8) is 0 Å². The van der Waals surface area contributed by atoms with Crippen LogP contribution < -0.4 is 0 Å². The Morgan fingerprint density at radius 2 is 1.86 bits per heavy atom. The fourth-order valence-electron chi connectivity index (χ4n) is 2.14. The number of rotatable bonds is 5. The largest absolute Gasteiger partial charge is 0.305 e. The van der Waals surface area contributed by atoms with E-state index in [-0.39, 0.29) is 17.0 Å². The number of halogens is 1. The lowest BCUT2D eigenvalue weighted by Gasteiger charge is -2.01. The molecule has 0 saturated heterocycles. The highest BCUT2D eigenvalue weighted by Crippen LogP contribution is 2.23. The molecule has 0 N–H and O–H groups in total. The summed E-state index contributed by atoms with van der Waals surface area (Å²) in [5, 5.41) is 0. The topological polar surface area (TPSA) is 17.3 Å². The van der Waals surface area contributed by atoms with Crippen LogP contribution in [0.1, 0.15) is 19.8 Å². The van der Waals surface area contributed by atoms with Crippen molar-refractivity contribution < 1.29 is 0 Å². The third-order valence-electron chi connectivity index (χ3n) is 3.26. The maximum atomic E-state index is 4.67. The van der Waals surface area contributed by atoms with Crippen LogP contribution >= 0.6 is 28.7 Å². The van der Waals surface area contributed by atoms with Gasteiger partial charge in [0.2, 0.25) is 0 Å². The molecule has 110 valence electrons. The van der Waals surface area contributed by atoms with Crippen molar-refractivity contribution >= 4 is 34.4 Å². The summed E-state index contributed by atoms with van der Waals surface area (Å²) < 4.78 is 2.12. The van der Waals surface area contributed by atoms with Crippen molar-refractivity contribution in [1.82, 2.24) is 9.38 Å². The van der Waals surface area contributed by atoms with Gasteiger partial charge in [-0.15, -0.1) is 28.7 Å². The first-order chi connectivity index (χ1) is 9.86. The Bertz CT molecular complexity index is 694. The van der Waals surface area contributed by atoms with Gasteiger partial charge in [0, 0.05) is 22.9 Å². The smallest absolute Gasteiger partial charge is 0.137 e. The highest BCUT2D eigenvalue weighted by Gasteiger charge is 2.04. The van der Waals surface area contributed by atoms with Crippen LogP contribution in [0.3, 0.4) is 0 Å². The third kappa shape index (κ3) is 3.89. The molecular weight excluding hydrogens is 344 g/mol. The number of hydrogen-bond donors (Lipinski definition) is 0. The molecule has 0 spiro atoms. The number of aromatic nitrogens is 2. The van der Waals surface area contributed by atoms with Gasteiger partial charge in [-0.1, -0.05) is 43.7 Å². The third-order valence-corrected chi connectivity index (χ3v) is 4.33. The van der Waals surface area contributed by atoms with Crippen LogP contribution in [-0.4, -0.2) is 15.1 Å². The second kappa shape index (κ2) is 7.66. The van der Waals surface area contributed by atoms with Gasteiger partial charge in [0.05, 0.1) is 5.69 Å². The average Bonchev–Trinajstić information content (AvgIpc) is 2.92. The van der Waals surface area contributed by atoms with Gasteiger partial charge in [0.15, 0.2) is 0 Å². The van der Waals surface area contributed by atoms with Gasteiger partial charge < -0.3 is 4.40 Å². The molecule has 0 atom stereocenters. The first-order valence-corrected chi connectivity index (χ1v) is 8.02. The number of nitrogens with zero attached hydrogens (tertiary/aromatic N) is 2. The summed E-state index contributed by atoms with van der Waals surface area (Å²) in [6, 6.07) is 14.6. The maximum absolute atomic E-state index is 4.67. The van der Waals surface area contributed by atoms with Gasteiger partial charge in [-0.2, -0.15) is 0 Å². The zero-order valence-corrected chi connectivity index (χ0v) is 14.6. The molecule has 0 radical (unpaired) electrons. The molecule has 0 bridgehead atoms. The second-order valence-corrected chi connectivity index (χ2v) is 5.99. The van der Waals surface area contributed by atoms with Gasteiger partial charge in [-0.05, 0) is 24.3 Å². The Labute approximate surface area is 140 Å². The number of fused-ring (bicyclic) bond motifs is 1. The summed E-state index contributed by atoms with van der Waals surface area (Å²) in [4.78, 5) is 5.98. The Morgan fingerprint density at radius 1 is 1.05 bits per heavy atom. The van der Waals surface area contributed by atoms with Crippen LogP contribution in [-0.2, 0) is 0 Å². The van der Waals surface area contributed by atoms with E-state index in [4.69, 9.17) is 0 Å². The number of unbranched alkanes of at least 4 members (excludes halogenated alkanes) is 1. The van der Waals surface area contributed by atoms with Crippen molar-refractivity contribution in [3.05, 3.63) is 54.9 Å². The van der Waals surface area contributed by atoms with Crippen molar-refractivity contribution in [3.8, 4) is 11.3 Å². The fraction of sp³-hybridized carbons (Fsp3) is 0.235. The second-order valence-electron chi connectivity index (χ2n) is 4.82. The molecular formula is C17H19BrN2S. The SMILES string of the molecule is Br.CCCCSc1ccc2nc(-c3ccccc3)cn2c1. The molecule has 0 aliphatic rings. The number of imidazole rings is 1. The van der Waals surface area contributed by atoms with Crippen molar-refractivity contribution in [2.75, 3.05) is 5.75 Å². The van der Waals surface area contributed by atoms with Crippen molar-refractivity contribution in [2.24, 2.45) is 0 Å². The monoisotopic (exact) mass is 362 g/mol. The highest BCUT2D eigenvalue weighted by molar-refractivity contribution is 8.93. The molecule has 2 nitrogen and oxygen atoms in total. The van der Waals surface area contributed by atoms with E-state index in [1.54, 1.807) is 0 Å². The molecule has 21 heavy (non-hydrogen) atoms. The molecule has 4 heteroatoms. The van der Waals surface area contributed by atoms with Crippen LogP contribution in [0.2, 0.25) is 0 Å². The molecule has 3 aromatic rings. The normalized spacial score (nSPS) is 10.5. The molecule has 2 aromatic heterocycles. The molecule has 3 rings (SSSR count). The summed E-state index contributed by atoms with van der Waals surface area (Å²) in [6.45, 7) is 2.23. The average molecular weight is 363 g/mol.